The van der Waals surface area contributed by atoms with Crippen LogP contribution in [0.5, 0.6) is 0 Å². The SMILES string of the molecule is CC1=C(C)C(N(C2CCCCC2)[Si](C)C)c2cc(C)cc(C)c21. The molecular formula is C21H32NSi. The van der Waals surface area contributed by atoms with Crippen LogP contribution in [-0.4, -0.2) is 19.6 Å². The molecule has 125 valence electrons. The van der Waals surface area contributed by atoms with E-state index in [2.05, 4.69) is 57.5 Å². The quantitative estimate of drug-likeness (QED) is 0.612. The van der Waals surface area contributed by atoms with E-state index in [-0.39, 0.29) is 0 Å². The fourth-order valence-electron chi connectivity index (χ4n) is 4.92. The van der Waals surface area contributed by atoms with Gasteiger partial charge in [0.25, 0.3) is 0 Å². The Morgan fingerprint density at radius 1 is 0.957 bits per heavy atom. The van der Waals surface area contributed by atoms with Crippen molar-refractivity contribution in [2.45, 2.75) is 85.0 Å². The van der Waals surface area contributed by atoms with E-state index < -0.39 is 8.96 Å². The number of rotatable bonds is 3. The zero-order valence-corrected chi connectivity index (χ0v) is 16.8. The number of allylic oxidation sites excluding steroid dienone is 1. The van der Waals surface area contributed by atoms with Gasteiger partial charge in [0.2, 0.25) is 0 Å². The molecule has 0 N–H and O–H groups in total. The highest BCUT2D eigenvalue weighted by molar-refractivity contribution is 6.52. The number of hydrogen-bond donors (Lipinski definition) is 0. The number of benzene rings is 1. The third-order valence-electron chi connectivity index (χ3n) is 5.94. The minimum absolute atomic E-state index is 0.478. The number of hydrogen-bond acceptors (Lipinski definition) is 1. The maximum atomic E-state index is 2.94. The average molecular weight is 327 g/mol. The monoisotopic (exact) mass is 326 g/mol. The maximum Gasteiger partial charge on any atom is 0.131 e. The van der Waals surface area contributed by atoms with Gasteiger partial charge in [-0.25, -0.2) is 0 Å². The normalized spacial score (nSPS) is 22.3. The van der Waals surface area contributed by atoms with Crippen molar-refractivity contribution in [2.24, 2.45) is 0 Å². The van der Waals surface area contributed by atoms with Crippen LogP contribution in [0.4, 0.5) is 0 Å². The smallest absolute Gasteiger partial charge is 0.131 e. The van der Waals surface area contributed by atoms with Gasteiger partial charge in [-0.1, -0.05) is 50.1 Å². The van der Waals surface area contributed by atoms with Crippen LogP contribution in [0.25, 0.3) is 5.57 Å². The van der Waals surface area contributed by atoms with Gasteiger partial charge in [0.05, 0.1) is 6.04 Å². The van der Waals surface area contributed by atoms with Crippen molar-refractivity contribution < 1.29 is 0 Å². The summed E-state index contributed by atoms with van der Waals surface area (Å²) in [5.41, 5.74) is 9.15. The maximum absolute atomic E-state index is 2.94. The molecule has 1 unspecified atom stereocenters. The van der Waals surface area contributed by atoms with Gasteiger partial charge in [-0.15, -0.1) is 0 Å². The fourth-order valence-corrected chi connectivity index (χ4v) is 6.75. The first-order valence-electron chi connectivity index (χ1n) is 9.29. The molecule has 0 aromatic heterocycles. The summed E-state index contributed by atoms with van der Waals surface area (Å²) < 4.78 is 2.94. The molecule has 0 heterocycles. The fraction of sp³-hybridized carbons (Fsp3) is 0.619. The summed E-state index contributed by atoms with van der Waals surface area (Å²) in [7, 11) is -0.478. The molecule has 2 aliphatic rings. The van der Waals surface area contributed by atoms with Crippen LogP contribution in [0.2, 0.25) is 13.1 Å². The molecule has 23 heavy (non-hydrogen) atoms. The minimum atomic E-state index is -0.478. The topological polar surface area (TPSA) is 3.24 Å². The number of aryl methyl sites for hydroxylation is 2. The summed E-state index contributed by atoms with van der Waals surface area (Å²) in [4.78, 5) is 0. The van der Waals surface area contributed by atoms with Crippen LogP contribution in [0, 0.1) is 13.8 Å². The lowest BCUT2D eigenvalue weighted by Gasteiger charge is -2.42. The van der Waals surface area contributed by atoms with Gasteiger partial charge in [0, 0.05) is 6.04 Å². The molecule has 1 fully saturated rings. The highest BCUT2D eigenvalue weighted by Gasteiger charge is 2.37. The number of fused-ring (bicyclic) bond motifs is 1. The van der Waals surface area contributed by atoms with E-state index in [9.17, 15) is 0 Å². The van der Waals surface area contributed by atoms with E-state index >= 15 is 0 Å². The van der Waals surface area contributed by atoms with Crippen molar-refractivity contribution in [3.63, 3.8) is 0 Å². The highest BCUT2D eigenvalue weighted by atomic mass is 28.3. The van der Waals surface area contributed by atoms with Crippen LogP contribution < -0.4 is 0 Å². The van der Waals surface area contributed by atoms with Gasteiger partial charge in [-0.3, -0.25) is 0 Å². The summed E-state index contributed by atoms with van der Waals surface area (Å²) in [6.07, 6.45) is 7.08. The lowest BCUT2D eigenvalue weighted by Crippen LogP contribution is -2.46. The Kier molecular flexibility index (Phi) is 4.84. The van der Waals surface area contributed by atoms with Crippen LogP contribution in [0.1, 0.15) is 74.2 Å². The molecule has 0 aliphatic heterocycles. The van der Waals surface area contributed by atoms with Crippen molar-refractivity contribution in [1.82, 2.24) is 4.57 Å². The van der Waals surface area contributed by atoms with Crippen molar-refractivity contribution >= 4 is 14.5 Å². The number of nitrogens with zero attached hydrogens (tertiary/aromatic N) is 1. The summed E-state index contributed by atoms with van der Waals surface area (Å²) in [5, 5.41) is 0. The zero-order chi connectivity index (χ0) is 16.7. The van der Waals surface area contributed by atoms with Gasteiger partial charge < -0.3 is 4.57 Å². The van der Waals surface area contributed by atoms with Crippen molar-refractivity contribution in [3.05, 3.63) is 40.0 Å². The van der Waals surface area contributed by atoms with Gasteiger partial charge in [0.1, 0.15) is 8.96 Å². The first-order valence-corrected chi connectivity index (χ1v) is 11.7. The van der Waals surface area contributed by atoms with Gasteiger partial charge >= 0.3 is 0 Å². The molecule has 0 saturated heterocycles. The minimum Gasteiger partial charge on any atom is -0.312 e. The van der Waals surface area contributed by atoms with Crippen LogP contribution in [0.15, 0.2) is 17.7 Å². The molecule has 1 nitrogen and oxygen atoms in total. The Morgan fingerprint density at radius 3 is 2.22 bits per heavy atom. The molecule has 0 bridgehead atoms. The third-order valence-corrected chi connectivity index (χ3v) is 7.60. The molecule has 2 aliphatic carbocycles. The van der Waals surface area contributed by atoms with Gasteiger partial charge in [0.15, 0.2) is 0 Å². The summed E-state index contributed by atoms with van der Waals surface area (Å²) in [5.74, 6) is 0. The molecule has 0 amide bonds. The largest absolute Gasteiger partial charge is 0.312 e. The van der Waals surface area contributed by atoms with E-state index in [1.54, 1.807) is 16.7 Å². The lowest BCUT2D eigenvalue weighted by atomic mass is 9.92. The first-order chi connectivity index (χ1) is 10.9. The Bertz CT molecular complexity index is 623. The molecule has 3 rings (SSSR count). The van der Waals surface area contributed by atoms with Gasteiger partial charge in [-0.2, -0.15) is 0 Å². The van der Waals surface area contributed by atoms with Crippen LogP contribution >= 0.6 is 0 Å². The van der Waals surface area contributed by atoms with Crippen molar-refractivity contribution in [1.29, 1.82) is 0 Å². The second-order valence-electron chi connectivity index (χ2n) is 7.90. The first kappa shape index (κ1) is 17.0. The average Bonchev–Trinajstić information content (AvgIpc) is 2.73. The third kappa shape index (κ3) is 2.96. The Hall–Kier alpha value is -0.863. The molecule has 1 radical (unpaired) electrons. The Morgan fingerprint density at radius 2 is 1.61 bits per heavy atom. The van der Waals surface area contributed by atoms with Gasteiger partial charge in [-0.05, 0) is 68.4 Å². The second-order valence-corrected chi connectivity index (χ2v) is 10.3. The van der Waals surface area contributed by atoms with E-state index in [1.165, 1.54) is 48.8 Å². The predicted molar refractivity (Wildman–Crippen MR) is 103 cm³/mol. The molecule has 1 atom stereocenters. The van der Waals surface area contributed by atoms with Crippen molar-refractivity contribution in [2.75, 3.05) is 0 Å². The van der Waals surface area contributed by atoms with E-state index in [1.807, 2.05) is 0 Å². The zero-order valence-electron chi connectivity index (χ0n) is 15.8. The van der Waals surface area contributed by atoms with E-state index in [0.29, 0.717) is 6.04 Å². The van der Waals surface area contributed by atoms with E-state index in [0.717, 1.165) is 6.04 Å². The summed E-state index contributed by atoms with van der Waals surface area (Å²) >= 11 is 0. The van der Waals surface area contributed by atoms with E-state index in [4.69, 9.17) is 0 Å². The van der Waals surface area contributed by atoms with Crippen LogP contribution in [-0.2, 0) is 0 Å². The highest BCUT2D eigenvalue weighted by Crippen LogP contribution is 2.47. The predicted octanol–water partition coefficient (Wildman–Crippen LogP) is 6.04. The molecule has 1 aromatic rings. The van der Waals surface area contributed by atoms with Crippen molar-refractivity contribution in [3.8, 4) is 0 Å². The Balaban J connectivity index is 2.08. The lowest BCUT2D eigenvalue weighted by molar-refractivity contribution is 0.220. The summed E-state index contributed by atoms with van der Waals surface area (Å²) in [6, 6.07) is 6.16. The molecular weight excluding hydrogens is 294 g/mol. The second kappa shape index (κ2) is 6.56. The molecule has 1 aromatic carbocycles. The van der Waals surface area contributed by atoms with Crippen LogP contribution in [0.3, 0.4) is 0 Å². The summed E-state index contributed by atoms with van der Waals surface area (Å²) in [6.45, 7) is 14.2. The molecule has 1 saturated carbocycles. The standard InChI is InChI=1S/C21H32NSi/c1-14-12-15(2)20-16(3)17(4)21(19(20)13-14)22(23(5)6)18-10-8-7-9-11-18/h12-13,18,21H,7-11H2,1-6H3. The molecule has 0 spiro atoms. The Labute approximate surface area is 144 Å². The molecule has 2 heteroatoms.